The molecule has 3 heteroatoms. The Labute approximate surface area is 113 Å². The molecule has 1 nitrogen and oxygen atoms in total. The standard InChI is InChI=1S/C16H20F2O/c1-2-3-13-8-9-14(16(18)15(13)17)12-6-4-11(10-19)5-7-12/h8-12H,2-7H2,1H3. The predicted molar refractivity (Wildman–Crippen MR) is 71.1 cm³/mol. The summed E-state index contributed by atoms with van der Waals surface area (Å²) in [4.78, 5) is 10.7. The number of carbonyl (C=O) groups is 1. The van der Waals surface area contributed by atoms with Gasteiger partial charge >= 0.3 is 0 Å². The first-order valence-electron chi connectivity index (χ1n) is 7.09. The van der Waals surface area contributed by atoms with Crippen molar-refractivity contribution in [3.63, 3.8) is 0 Å². The lowest BCUT2D eigenvalue weighted by Crippen LogP contribution is -2.15. The highest BCUT2D eigenvalue weighted by molar-refractivity contribution is 5.53. The lowest BCUT2D eigenvalue weighted by Gasteiger charge is -2.26. The van der Waals surface area contributed by atoms with Crippen LogP contribution in [-0.4, -0.2) is 6.29 Å². The minimum atomic E-state index is -0.683. The first kappa shape index (κ1) is 14.2. The van der Waals surface area contributed by atoms with Crippen molar-refractivity contribution in [1.82, 2.24) is 0 Å². The van der Waals surface area contributed by atoms with Crippen LogP contribution in [0.3, 0.4) is 0 Å². The van der Waals surface area contributed by atoms with Gasteiger partial charge in [-0.25, -0.2) is 8.78 Å². The van der Waals surface area contributed by atoms with Crippen molar-refractivity contribution in [3.8, 4) is 0 Å². The molecular weight excluding hydrogens is 246 g/mol. The van der Waals surface area contributed by atoms with Crippen LogP contribution < -0.4 is 0 Å². The van der Waals surface area contributed by atoms with Crippen molar-refractivity contribution in [2.75, 3.05) is 0 Å². The van der Waals surface area contributed by atoms with E-state index in [0.717, 1.165) is 38.4 Å². The number of aldehydes is 1. The molecule has 0 heterocycles. The van der Waals surface area contributed by atoms with E-state index in [1.54, 1.807) is 12.1 Å². The Morgan fingerprint density at radius 2 is 1.84 bits per heavy atom. The molecule has 104 valence electrons. The molecule has 1 aliphatic carbocycles. The highest BCUT2D eigenvalue weighted by Gasteiger charge is 2.25. The van der Waals surface area contributed by atoms with Crippen molar-refractivity contribution in [1.29, 1.82) is 0 Å². The monoisotopic (exact) mass is 266 g/mol. The molecule has 0 aromatic heterocycles. The third kappa shape index (κ3) is 3.02. The molecule has 19 heavy (non-hydrogen) atoms. The highest BCUT2D eigenvalue weighted by Crippen LogP contribution is 2.37. The van der Waals surface area contributed by atoms with Gasteiger partial charge in [0.25, 0.3) is 0 Å². The Morgan fingerprint density at radius 1 is 1.16 bits per heavy atom. The van der Waals surface area contributed by atoms with Gasteiger partial charge in [0.05, 0.1) is 0 Å². The SMILES string of the molecule is CCCc1ccc(C2CCC(C=O)CC2)c(F)c1F. The average Bonchev–Trinajstić information content (AvgIpc) is 2.45. The average molecular weight is 266 g/mol. The Bertz CT molecular complexity index is 448. The number of rotatable bonds is 4. The smallest absolute Gasteiger partial charge is 0.162 e. The Hall–Kier alpha value is -1.25. The molecule has 0 aliphatic heterocycles. The fourth-order valence-electron chi connectivity index (χ4n) is 2.95. The van der Waals surface area contributed by atoms with Crippen LogP contribution in [0.4, 0.5) is 8.78 Å². The summed E-state index contributed by atoms with van der Waals surface area (Å²) in [5.74, 6) is -1.21. The van der Waals surface area contributed by atoms with Crippen molar-refractivity contribution < 1.29 is 13.6 Å². The Kier molecular flexibility index (Phi) is 4.67. The third-order valence-corrected chi connectivity index (χ3v) is 4.12. The van der Waals surface area contributed by atoms with Crippen LogP contribution >= 0.6 is 0 Å². The number of hydrogen-bond acceptors (Lipinski definition) is 1. The maximum atomic E-state index is 14.1. The van der Waals surface area contributed by atoms with Crippen LogP contribution in [0.15, 0.2) is 12.1 Å². The molecule has 0 spiro atoms. The van der Waals surface area contributed by atoms with Crippen molar-refractivity contribution in [3.05, 3.63) is 34.9 Å². The van der Waals surface area contributed by atoms with E-state index < -0.39 is 11.6 Å². The van der Waals surface area contributed by atoms with Gasteiger partial charge in [0.1, 0.15) is 6.29 Å². The van der Waals surface area contributed by atoms with E-state index in [1.165, 1.54) is 0 Å². The molecule has 0 bridgehead atoms. The van der Waals surface area contributed by atoms with Gasteiger partial charge in [-0.1, -0.05) is 25.5 Å². The molecule has 0 radical (unpaired) electrons. The van der Waals surface area contributed by atoms with Gasteiger partial charge < -0.3 is 4.79 Å². The van der Waals surface area contributed by atoms with Crippen LogP contribution in [-0.2, 0) is 11.2 Å². The lowest BCUT2D eigenvalue weighted by molar-refractivity contribution is -0.111. The van der Waals surface area contributed by atoms with Gasteiger partial charge in [0.15, 0.2) is 11.6 Å². The zero-order valence-corrected chi connectivity index (χ0v) is 11.3. The van der Waals surface area contributed by atoms with Crippen molar-refractivity contribution in [2.45, 2.75) is 51.4 Å². The van der Waals surface area contributed by atoms with Gasteiger partial charge in [-0.15, -0.1) is 0 Å². The number of hydrogen-bond donors (Lipinski definition) is 0. The molecule has 0 N–H and O–H groups in total. The summed E-state index contributed by atoms with van der Waals surface area (Å²) in [6.07, 6.45) is 5.47. The zero-order chi connectivity index (χ0) is 13.8. The van der Waals surface area contributed by atoms with E-state index in [4.69, 9.17) is 0 Å². The van der Waals surface area contributed by atoms with Gasteiger partial charge in [-0.05, 0) is 49.1 Å². The quantitative estimate of drug-likeness (QED) is 0.739. The number of benzene rings is 1. The van der Waals surface area contributed by atoms with Gasteiger partial charge in [0.2, 0.25) is 0 Å². The summed E-state index contributed by atoms with van der Waals surface area (Å²) in [6.45, 7) is 1.95. The molecule has 0 amide bonds. The molecule has 1 aromatic rings. The normalized spacial score (nSPS) is 23.3. The minimum absolute atomic E-state index is 0.0568. The highest BCUT2D eigenvalue weighted by atomic mass is 19.2. The van der Waals surface area contributed by atoms with E-state index in [2.05, 4.69) is 0 Å². The van der Waals surface area contributed by atoms with Crippen LogP contribution in [0.2, 0.25) is 0 Å². The summed E-state index contributed by atoms with van der Waals surface area (Å²) >= 11 is 0. The number of aryl methyl sites for hydroxylation is 1. The molecule has 1 fully saturated rings. The first-order valence-corrected chi connectivity index (χ1v) is 7.09. The molecule has 0 atom stereocenters. The molecule has 1 aliphatic rings. The van der Waals surface area contributed by atoms with Crippen LogP contribution in [0.25, 0.3) is 0 Å². The fraction of sp³-hybridized carbons (Fsp3) is 0.562. The Morgan fingerprint density at radius 3 is 2.42 bits per heavy atom. The maximum Gasteiger partial charge on any atom is 0.162 e. The largest absolute Gasteiger partial charge is 0.303 e. The van der Waals surface area contributed by atoms with E-state index in [0.29, 0.717) is 17.5 Å². The molecule has 2 rings (SSSR count). The van der Waals surface area contributed by atoms with E-state index in [1.807, 2.05) is 6.92 Å². The third-order valence-electron chi connectivity index (χ3n) is 4.12. The number of halogens is 2. The van der Waals surface area contributed by atoms with Crippen LogP contribution in [0.1, 0.15) is 56.1 Å². The second-order valence-corrected chi connectivity index (χ2v) is 5.44. The first-order chi connectivity index (χ1) is 9.17. The van der Waals surface area contributed by atoms with Crippen molar-refractivity contribution >= 4 is 6.29 Å². The summed E-state index contributed by atoms with van der Waals surface area (Å²) in [5, 5.41) is 0. The molecular formula is C16H20F2O. The summed E-state index contributed by atoms with van der Waals surface area (Å²) in [7, 11) is 0. The minimum Gasteiger partial charge on any atom is -0.303 e. The summed E-state index contributed by atoms with van der Waals surface area (Å²) < 4.78 is 28.0. The lowest BCUT2D eigenvalue weighted by atomic mass is 9.79. The predicted octanol–water partition coefficient (Wildman–Crippen LogP) is 4.39. The fourth-order valence-corrected chi connectivity index (χ4v) is 2.95. The van der Waals surface area contributed by atoms with E-state index >= 15 is 0 Å². The maximum absolute atomic E-state index is 14.1. The second kappa shape index (κ2) is 6.27. The molecule has 1 aromatic carbocycles. The van der Waals surface area contributed by atoms with E-state index in [9.17, 15) is 13.6 Å². The second-order valence-electron chi connectivity index (χ2n) is 5.44. The topological polar surface area (TPSA) is 17.1 Å². The Balaban J connectivity index is 2.17. The zero-order valence-electron chi connectivity index (χ0n) is 11.3. The van der Waals surface area contributed by atoms with E-state index in [-0.39, 0.29) is 11.8 Å². The van der Waals surface area contributed by atoms with Crippen LogP contribution in [0.5, 0.6) is 0 Å². The van der Waals surface area contributed by atoms with Gasteiger partial charge in [0, 0.05) is 5.92 Å². The summed E-state index contributed by atoms with van der Waals surface area (Å²) in [6, 6.07) is 3.44. The van der Waals surface area contributed by atoms with Gasteiger partial charge in [-0.2, -0.15) is 0 Å². The number of carbonyl (C=O) groups excluding carboxylic acids is 1. The summed E-state index contributed by atoms with van der Waals surface area (Å²) in [5.41, 5.74) is 0.951. The van der Waals surface area contributed by atoms with Crippen LogP contribution in [0, 0.1) is 17.6 Å². The molecule has 1 saturated carbocycles. The molecule has 0 saturated heterocycles. The molecule has 0 unspecified atom stereocenters. The van der Waals surface area contributed by atoms with Crippen molar-refractivity contribution in [2.24, 2.45) is 5.92 Å². The van der Waals surface area contributed by atoms with Gasteiger partial charge in [-0.3, -0.25) is 0 Å².